The molecule has 27 heavy (non-hydrogen) atoms. The van der Waals surface area contributed by atoms with Gasteiger partial charge in [0, 0.05) is 5.41 Å². The van der Waals surface area contributed by atoms with Crippen LogP contribution in [0.4, 0.5) is 0 Å². The lowest BCUT2D eigenvalue weighted by atomic mass is 9.83. The summed E-state index contributed by atoms with van der Waals surface area (Å²) in [6, 6.07) is 7.44. The van der Waals surface area contributed by atoms with Gasteiger partial charge in [-0.2, -0.15) is 0 Å². The molecule has 1 aromatic carbocycles. The fourth-order valence-electron chi connectivity index (χ4n) is 4.34. The van der Waals surface area contributed by atoms with E-state index in [1.165, 1.54) is 45.6 Å². The van der Waals surface area contributed by atoms with Gasteiger partial charge >= 0.3 is 5.97 Å². The number of carbonyl (C=O) groups is 2. The van der Waals surface area contributed by atoms with Gasteiger partial charge < -0.3 is 14.3 Å². The highest BCUT2D eigenvalue weighted by Gasteiger charge is 2.73. The van der Waals surface area contributed by atoms with Gasteiger partial charge in [0.15, 0.2) is 0 Å². The predicted molar refractivity (Wildman–Crippen MR) is 107 cm³/mol. The van der Waals surface area contributed by atoms with Crippen LogP contribution >= 0.6 is 0 Å². The second kappa shape index (κ2) is 9.91. The number of ether oxygens (including phenoxy) is 2. The van der Waals surface area contributed by atoms with E-state index in [9.17, 15) is 9.59 Å². The predicted octanol–water partition coefficient (Wildman–Crippen LogP) is 5.23. The fourth-order valence-corrected chi connectivity index (χ4v) is 4.34. The molecule has 4 nitrogen and oxygen atoms in total. The van der Waals surface area contributed by atoms with Gasteiger partial charge in [-0.25, -0.2) is 0 Å². The molecule has 0 saturated heterocycles. The van der Waals surface area contributed by atoms with Gasteiger partial charge in [-0.05, 0) is 30.5 Å². The number of benzene rings is 1. The van der Waals surface area contributed by atoms with Gasteiger partial charge in [-0.1, -0.05) is 70.4 Å². The molecule has 0 aromatic heterocycles. The van der Waals surface area contributed by atoms with E-state index >= 15 is 0 Å². The average molecular weight is 375 g/mol. The number of carbonyl (C=O) groups excluding carboxylic acids is 2. The summed E-state index contributed by atoms with van der Waals surface area (Å²) in [5, 5.41) is 0. The highest BCUT2D eigenvalue weighted by Crippen LogP contribution is 2.66. The van der Waals surface area contributed by atoms with Crippen LogP contribution in [0.2, 0.25) is 0 Å². The normalized spacial score (nSPS) is 23.7. The van der Waals surface area contributed by atoms with Gasteiger partial charge in [0.1, 0.15) is 17.5 Å². The zero-order valence-electron chi connectivity index (χ0n) is 17.1. The maximum Gasteiger partial charge on any atom is 0.317 e. The van der Waals surface area contributed by atoms with E-state index in [0.29, 0.717) is 6.42 Å². The Morgan fingerprint density at radius 2 is 1.59 bits per heavy atom. The van der Waals surface area contributed by atoms with Crippen molar-refractivity contribution < 1.29 is 19.1 Å². The summed E-state index contributed by atoms with van der Waals surface area (Å²) in [6.45, 7) is 2.23. The third kappa shape index (κ3) is 4.53. The van der Waals surface area contributed by atoms with Crippen LogP contribution in [0.15, 0.2) is 24.3 Å². The lowest BCUT2D eigenvalue weighted by Crippen LogP contribution is -2.30. The van der Waals surface area contributed by atoms with E-state index in [2.05, 4.69) is 6.92 Å². The highest BCUT2D eigenvalue weighted by molar-refractivity contribution is 5.95. The van der Waals surface area contributed by atoms with Crippen molar-refractivity contribution in [1.82, 2.24) is 0 Å². The van der Waals surface area contributed by atoms with Crippen LogP contribution in [0.25, 0.3) is 0 Å². The summed E-state index contributed by atoms with van der Waals surface area (Å²) in [6.07, 6.45) is 12.0. The molecular weight excluding hydrogens is 340 g/mol. The van der Waals surface area contributed by atoms with Crippen molar-refractivity contribution in [2.24, 2.45) is 5.41 Å². The summed E-state index contributed by atoms with van der Waals surface area (Å²) >= 11 is 0. The second-order valence-corrected chi connectivity index (χ2v) is 7.80. The minimum Gasteiger partial charge on any atom is -0.497 e. The summed E-state index contributed by atoms with van der Waals surface area (Å²) < 4.78 is 10.3. The quantitative estimate of drug-likeness (QED) is 0.270. The number of aldehydes is 1. The Kier molecular flexibility index (Phi) is 7.88. The molecule has 2 rings (SSSR count). The molecule has 0 amide bonds. The number of hydrogen-bond donors (Lipinski definition) is 0. The average Bonchev–Trinajstić information content (AvgIpc) is 3.40. The SMILES string of the molecule is CCCCCCCCCC[C@]1(C=O)C[C@@]1(C(=O)OC)c1ccc(OC)cc1. The molecule has 0 unspecified atom stereocenters. The lowest BCUT2D eigenvalue weighted by molar-refractivity contribution is -0.145. The Hall–Kier alpha value is -1.84. The molecule has 0 aliphatic heterocycles. The van der Waals surface area contributed by atoms with Crippen LogP contribution in [0.3, 0.4) is 0 Å². The Balaban J connectivity index is 1.98. The maximum absolute atomic E-state index is 12.6. The third-order valence-corrected chi connectivity index (χ3v) is 6.12. The van der Waals surface area contributed by atoms with Crippen LogP contribution < -0.4 is 4.74 Å². The Labute approximate surface area is 163 Å². The molecule has 0 heterocycles. The zero-order valence-corrected chi connectivity index (χ0v) is 17.1. The largest absolute Gasteiger partial charge is 0.497 e. The minimum atomic E-state index is -0.836. The van der Waals surface area contributed by atoms with E-state index < -0.39 is 10.8 Å². The molecular formula is C23H34O4. The first-order chi connectivity index (χ1) is 13.1. The molecule has 1 fully saturated rings. The van der Waals surface area contributed by atoms with E-state index in [1.54, 1.807) is 7.11 Å². The van der Waals surface area contributed by atoms with Gasteiger partial charge in [-0.15, -0.1) is 0 Å². The molecule has 1 saturated carbocycles. The molecule has 1 aliphatic rings. The Morgan fingerprint density at radius 1 is 1.00 bits per heavy atom. The monoisotopic (exact) mass is 374 g/mol. The molecule has 0 radical (unpaired) electrons. The molecule has 150 valence electrons. The first kappa shape index (κ1) is 21.5. The summed E-state index contributed by atoms with van der Waals surface area (Å²) in [5.74, 6) is 0.429. The number of rotatable bonds is 13. The first-order valence-electron chi connectivity index (χ1n) is 10.3. The van der Waals surface area contributed by atoms with Crippen molar-refractivity contribution in [2.75, 3.05) is 14.2 Å². The van der Waals surface area contributed by atoms with E-state index in [-0.39, 0.29) is 5.97 Å². The van der Waals surface area contributed by atoms with Crippen molar-refractivity contribution in [1.29, 1.82) is 0 Å². The van der Waals surface area contributed by atoms with Crippen LogP contribution in [0, 0.1) is 5.41 Å². The van der Waals surface area contributed by atoms with Crippen LogP contribution in [0.5, 0.6) is 5.75 Å². The van der Waals surface area contributed by atoms with Gasteiger partial charge in [0.05, 0.1) is 14.2 Å². The number of esters is 1. The van der Waals surface area contributed by atoms with E-state index in [0.717, 1.165) is 36.9 Å². The smallest absolute Gasteiger partial charge is 0.317 e. The van der Waals surface area contributed by atoms with Crippen molar-refractivity contribution in [3.05, 3.63) is 29.8 Å². The third-order valence-electron chi connectivity index (χ3n) is 6.12. The molecule has 0 bridgehead atoms. The van der Waals surface area contributed by atoms with E-state index in [1.807, 2.05) is 24.3 Å². The minimum absolute atomic E-state index is 0.306. The summed E-state index contributed by atoms with van der Waals surface area (Å²) in [5.41, 5.74) is -0.616. The van der Waals surface area contributed by atoms with Crippen molar-refractivity contribution in [3.8, 4) is 5.75 Å². The number of unbranched alkanes of at least 4 members (excludes halogenated alkanes) is 7. The van der Waals surface area contributed by atoms with E-state index in [4.69, 9.17) is 9.47 Å². The standard InChI is InChI=1S/C23H34O4/c1-4-5-6-7-8-9-10-11-16-22(18-24)17-23(22,21(25)27-3)19-12-14-20(26-2)15-13-19/h12-15,18H,4-11,16-17H2,1-3H3/t22-,23+/m1/s1. The van der Waals surface area contributed by atoms with Gasteiger partial charge in [0.2, 0.25) is 0 Å². The highest BCUT2D eigenvalue weighted by atomic mass is 16.5. The maximum atomic E-state index is 12.6. The molecule has 1 aromatic rings. The van der Waals surface area contributed by atoms with Crippen molar-refractivity contribution >= 4 is 12.3 Å². The number of methoxy groups -OCH3 is 2. The fraction of sp³-hybridized carbons (Fsp3) is 0.652. The first-order valence-corrected chi connectivity index (χ1v) is 10.3. The summed E-state index contributed by atoms with van der Waals surface area (Å²) in [4.78, 5) is 24.7. The molecule has 0 N–H and O–H groups in total. The second-order valence-electron chi connectivity index (χ2n) is 7.80. The van der Waals surface area contributed by atoms with Gasteiger partial charge in [0.25, 0.3) is 0 Å². The van der Waals surface area contributed by atoms with Crippen LogP contribution in [-0.2, 0) is 19.7 Å². The number of hydrogen-bond acceptors (Lipinski definition) is 4. The van der Waals surface area contributed by atoms with Crippen LogP contribution in [-0.4, -0.2) is 26.5 Å². The van der Waals surface area contributed by atoms with Crippen molar-refractivity contribution in [2.45, 2.75) is 76.5 Å². The molecule has 4 heteroatoms. The summed E-state index contributed by atoms with van der Waals surface area (Å²) in [7, 11) is 3.01. The topological polar surface area (TPSA) is 52.6 Å². The molecule has 0 spiro atoms. The van der Waals surface area contributed by atoms with Gasteiger partial charge in [-0.3, -0.25) is 4.79 Å². The Bertz CT molecular complexity index is 609. The van der Waals surface area contributed by atoms with Crippen molar-refractivity contribution in [3.63, 3.8) is 0 Å². The van der Waals surface area contributed by atoms with Crippen LogP contribution in [0.1, 0.15) is 76.7 Å². The lowest BCUT2D eigenvalue weighted by Gasteiger charge is -2.21. The Morgan fingerprint density at radius 3 is 2.11 bits per heavy atom. The zero-order chi connectivity index (χ0) is 19.8. The molecule has 1 aliphatic carbocycles. The molecule has 2 atom stereocenters.